The van der Waals surface area contributed by atoms with Crippen molar-refractivity contribution in [2.75, 3.05) is 5.32 Å². The minimum atomic E-state index is -0.369. The van der Waals surface area contributed by atoms with Gasteiger partial charge in [0.15, 0.2) is 0 Å². The van der Waals surface area contributed by atoms with Crippen molar-refractivity contribution >= 4 is 22.6 Å². The lowest BCUT2D eigenvalue weighted by molar-refractivity contribution is -0.116. The highest BCUT2D eigenvalue weighted by Gasteiger charge is 2.14. The summed E-state index contributed by atoms with van der Waals surface area (Å²) in [6, 6.07) is 12.9. The Bertz CT molecular complexity index is 926. The number of hydrogen-bond acceptors (Lipinski definition) is 2. The van der Waals surface area contributed by atoms with Crippen LogP contribution in [-0.2, 0) is 17.9 Å². The Balaban J connectivity index is 1.89. The first kappa shape index (κ1) is 16.0. The van der Waals surface area contributed by atoms with Gasteiger partial charge in [-0.15, -0.1) is 0 Å². The van der Waals surface area contributed by atoms with Crippen molar-refractivity contribution in [3.05, 3.63) is 64.8 Å². The van der Waals surface area contributed by atoms with Crippen LogP contribution < -0.4 is 11.0 Å². The largest absolute Gasteiger partial charge is 0.329 e. The Kier molecular flexibility index (Phi) is 4.46. The number of hydrogen-bond donors (Lipinski definition) is 1. The van der Waals surface area contributed by atoms with Gasteiger partial charge < -0.3 is 5.32 Å². The zero-order valence-electron chi connectivity index (χ0n) is 13.3. The van der Waals surface area contributed by atoms with E-state index in [9.17, 15) is 14.0 Å². The summed E-state index contributed by atoms with van der Waals surface area (Å²) in [6.45, 7) is 2.51. The van der Waals surface area contributed by atoms with Gasteiger partial charge in [0.1, 0.15) is 12.4 Å². The Hall–Kier alpha value is -2.89. The second kappa shape index (κ2) is 6.70. The van der Waals surface area contributed by atoms with E-state index in [1.807, 2.05) is 31.2 Å². The zero-order chi connectivity index (χ0) is 17.1. The van der Waals surface area contributed by atoms with Crippen molar-refractivity contribution < 1.29 is 9.18 Å². The number of anilines is 1. The first-order valence-electron chi connectivity index (χ1n) is 7.83. The number of halogens is 1. The predicted octanol–water partition coefficient (Wildman–Crippen LogP) is 2.99. The molecule has 0 atom stereocenters. The van der Waals surface area contributed by atoms with Crippen LogP contribution >= 0.6 is 0 Å². The number of nitrogens with zero attached hydrogens (tertiary/aromatic N) is 2. The van der Waals surface area contributed by atoms with Crippen molar-refractivity contribution in [1.82, 2.24) is 9.13 Å². The Morgan fingerprint density at radius 3 is 2.29 bits per heavy atom. The van der Waals surface area contributed by atoms with Crippen LogP contribution in [0.25, 0.3) is 11.0 Å². The van der Waals surface area contributed by atoms with Gasteiger partial charge >= 0.3 is 5.69 Å². The number of carbonyl (C=O) groups excluding carboxylic acids is 1. The number of fused-ring (bicyclic) bond motifs is 1. The van der Waals surface area contributed by atoms with Crippen molar-refractivity contribution in [2.24, 2.45) is 0 Å². The highest BCUT2D eigenvalue weighted by atomic mass is 19.1. The van der Waals surface area contributed by atoms with Crippen molar-refractivity contribution in [2.45, 2.75) is 26.4 Å². The molecule has 0 spiro atoms. The third-order valence-corrected chi connectivity index (χ3v) is 3.80. The van der Waals surface area contributed by atoms with E-state index < -0.39 is 0 Å². The van der Waals surface area contributed by atoms with E-state index in [0.717, 1.165) is 17.5 Å². The summed E-state index contributed by atoms with van der Waals surface area (Å²) in [6.07, 6.45) is 0.829. The standard InChI is InChI=1S/C18H18FN3O2/c1-2-11-21-15-5-3-4-6-16(15)22(18(21)24)12-17(23)20-14-9-7-13(19)8-10-14/h3-10H,2,11-12H2,1H3,(H,20,23). The normalized spacial score (nSPS) is 10.9. The van der Waals surface area contributed by atoms with Crippen LogP contribution in [0, 0.1) is 5.82 Å². The lowest BCUT2D eigenvalue weighted by Gasteiger charge is -2.06. The van der Waals surface area contributed by atoms with Crippen LogP contribution in [0.1, 0.15) is 13.3 Å². The fourth-order valence-corrected chi connectivity index (χ4v) is 2.74. The molecule has 1 heterocycles. The van der Waals surface area contributed by atoms with Gasteiger partial charge in [0.05, 0.1) is 11.0 Å². The number of rotatable bonds is 5. The molecule has 1 aromatic heterocycles. The summed E-state index contributed by atoms with van der Waals surface area (Å²) in [5.74, 6) is -0.699. The van der Waals surface area contributed by atoms with Crippen molar-refractivity contribution in [3.63, 3.8) is 0 Å². The van der Waals surface area contributed by atoms with E-state index in [4.69, 9.17) is 0 Å². The number of aromatic nitrogens is 2. The molecule has 0 bridgehead atoms. The van der Waals surface area contributed by atoms with E-state index >= 15 is 0 Å². The van der Waals surface area contributed by atoms with E-state index in [-0.39, 0.29) is 24.0 Å². The van der Waals surface area contributed by atoms with E-state index in [1.165, 1.54) is 28.8 Å². The van der Waals surface area contributed by atoms with Gasteiger partial charge in [-0.05, 0) is 42.8 Å². The van der Waals surface area contributed by atoms with E-state index in [2.05, 4.69) is 5.32 Å². The maximum atomic E-state index is 12.9. The number of aryl methyl sites for hydroxylation is 1. The number of carbonyl (C=O) groups is 1. The molecular weight excluding hydrogens is 309 g/mol. The first-order chi connectivity index (χ1) is 11.6. The summed E-state index contributed by atoms with van der Waals surface area (Å²) in [5, 5.41) is 2.68. The van der Waals surface area contributed by atoms with Gasteiger partial charge in [0.2, 0.25) is 5.91 Å². The van der Waals surface area contributed by atoms with Crippen molar-refractivity contribution in [3.8, 4) is 0 Å². The van der Waals surface area contributed by atoms with Crippen LogP contribution in [0.15, 0.2) is 53.3 Å². The fraction of sp³-hybridized carbons (Fsp3) is 0.222. The lowest BCUT2D eigenvalue weighted by Crippen LogP contribution is -2.29. The molecule has 1 amide bonds. The molecule has 3 rings (SSSR count). The van der Waals surface area contributed by atoms with Crippen LogP contribution in [0.4, 0.5) is 10.1 Å². The van der Waals surface area contributed by atoms with Gasteiger partial charge in [-0.2, -0.15) is 0 Å². The average molecular weight is 327 g/mol. The quantitative estimate of drug-likeness (QED) is 0.783. The molecule has 0 aliphatic carbocycles. The van der Waals surface area contributed by atoms with Gasteiger partial charge in [-0.3, -0.25) is 13.9 Å². The molecule has 1 N–H and O–H groups in total. The van der Waals surface area contributed by atoms with Gasteiger partial charge in [0, 0.05) is 12.2 Å². The molecule has 124 valence electrons. The number of amides is 1. The topological polar surface area (TPSA) is 56.0 Å². The van der Waals surface area contributed by atoms with Crippen LogP contribution in [-0.4, -0.2) is 15.0 Å². The Morgan fingerprint density at radius 1 is 1.04 bits per heavy atom. The fourth-order valence-electron chi connectivity index (χ4n) is 2.74. The van der Waals surface area contributed by atoms with Crippen molar-refractivity contribution in [1.29, 1.82) is 0 Å². The third kappa shape index (κ3) is 3.08. The molecule has 6 heteroatoms. The van der Waals surface area contributed by atoms with Crippen LogP contribution in [0.3, 0.4) is 0 Å². The molecule has 2 aromatic carbocycles. The maximum Gasteiger partial charge on any atom is 0.329 e. The molecule has 0 aliphatic rings. The third-order valence-electron chi connectivity index (χ3n) is 3.80. The molecule has 0 saturated heterocycles. The molecule has 0 unspecified atom stereocenters. The molecule has 0 fully saturated rings. The molecule has 0 saturated carbocycles. The Labute approximate surface area is 138 Å². The number of para-hydroxylation sites is 2. The highest BCUT2D eigenvalue weighted by Crippen LogP contribution is 2.14. The molecule has 0 radical (unpaired) electrons. The maximum absolute atomic E-state index is 12.9. The summed E-state index contributed by atoms with van der Waals surface area (Å²) >= 11 is 0. The van der Waals surface area contributed by atoms with Crippen LogP contribution in [0.2, 0.25) is 0 Å². The van der Waals surface area contributed by atoms with Gasteiger partial charge in [-0.25, -0.2) is 9.18 Å². The van der Waals surface area contributed by atoms with E-state index in [0.29, 0.717) is 12.2 Å². The second-order valence-electron chi connectivity index (χ2n) is 5.56. The minimum absolute atomic E-state index is 0.0898. The molecule has 24 heavy (non-hydrogen) atoms. The smallest absolute Gasteiger partial charge is 0.325 e. The Morgan fingerprint density at radius 2 is 1.67 bits per heavy atom. The zero-order valence-corrected chi connectivity index (χ0v) is 13.3. The van der Waals surface area contributed by atoms with Gasteiger partial charge in [0.25, 0.3) is 0 Å². The first-order valence-corrected chi connectivity index (χ1v) is 7.83. The van der Waals surface area contributed by atoms with Gasteiger partial charge in [-0.1, -0.05) is 19.1 Å². The SMILES string of the molecule is CCCn1c(=O)n(CC(=O)Nc2ccc(F)cc2)c2ccccc21. The summed E-state index contributed by atoms with van der Waals surface area (Å²) in [4.78, 5) is 24.9. The predicted molar refractivity (Wildman–Crippen MR) is 91.5 cm³/mol. The molecular formula is C18H18FN3O2. The minimum Gasteiger partial charge on any atom is -0.325 e. The molecule has 5 nitrogen and oxygen atoms in total. The lowest BCUT2D eigenvalue weighted by atomic mass is 10.3. The monoisotopic (exact) mass is 327 g/mol. The van der Waals surface area contributed by atoms with Crippen LogP contribution in [0.5, 0.6) is 0 Å². The number of imidazole rings is 1. The molecule has 3 aromatic rings. The highest BCUT2D eigenvalue weighted by molar-refractivity contribution is 5.91. The number of nitrogens with one attached hydrogen (secondary N) is 1. The summed E-state index contributed by atoms with van der Waals surface area (Å²) in [5.41, 5.74) is 1.84. The average Bonchev–Trinajstić information content (AvgIpc) is 2.83. The van der Waals surface area contributed by atoms with E-state index in [1.54, 1.807) is 4.57 Å². The number of benzene rings is 2. The summed E-state index contributed by atoms with van der Waals surface area (Å²) < 4.78 is 16.1. The summed E-state index contributed by atoms with van der Waals surface area (Å²) in [7, 11) is 0. The second-order valence-corrected chi connectivity index (χ2v) is 5.56. The molecule has 0 aliphatic heterocycles.